The molecule has 0 saturated carbocycles. The topological polar surface area (TPSA) is 92.1 Å². The monoisotopic (exact) mass is 593 g/mol. The first-order valence-electron chi connectivity index (χ1n) is 14.8. The van der Waals surface area contributed by atoms with Crippen LogP contribution in [0.5, 0.6) is 0 Å². The number of rotatable bonds is 6. The minimum atomic E-state index is -4.61. The Morgan fingerprint density at radius 1 is 1.02 bits per heavy atom. The molecular weight excluding hydrogens is 555 g/mol. The van der Waals surface area contributed by atoms with Gasteiger partial charge < -0.3 is 15.4 Å². The molecule has 6 rings (SSSR count). The molecule has 228 valence electrons. The molecule has 11 heteroatoms. The minimum absolute atomic E-state index is 0.0460. The molecular formula is C32H38F3N7O. The fourth-order valence-electron chi connectivity index (χ4n) is 6.33. The van der Waals surface area contributed by atoms with Crippen molar-refractivity contribution < 1.29 is 18.0 Å². The van der Waals surface area contributed by atoms with E-state index < -0.39 is 17.6 Å². The lowest BCUT2D eigenvalue weighted by molar-refractivity contribution is -0.0980. The van der Waals surface area contributed by atoms with Crippen LogP contribution in [0.2, 0.25) is 0 Å². The molecule has 0 radical (unpaired) electrons. The van der Waals surface area contributed by atoms with Crippen LogP contribution in [0.25, 0.3) is 22.5 Å². The van der Waals surface area contributed by atoms with Gasteiger partial charge in [-0.05, 0) is 88.5 Å². The quantitative estimate of drug-likeness (QED) is 0.425. The number of nitrogens with zero attached hydrogens (tertiary/aromatic N) is 6. The van der Waals surface area contributed by atoms with Gasteiger partial charge in [0, 0.05) is 23.7 Å². The molecule has 1 aromatic carbocycles. The zero-order chi connectivity index (χ0) is 30.6. The largest absolute Gasteiger partial charge is 0.419 e. The number of halogens is 3. The first kappa shape index (κ1) is 30.6. The first-order chi connectivity index (χ1) is 20.8. The number of hydrogen-bond donors (Lipinski definition) is 1. The van der Waals surface area contributed by atoms with E-state index in [2.05, 4.69) is 56.1 Å². The van der Waals surface area contributed by atoms with Gasteiger partial charge in [-0.1, -0.05) is 30.3 Å². The van der Waals surface area contributed by atoms with Gasteiger partial charge in [0.05, 0.1) is 29.7 Å². The molecule has 3 aromatic rings. The summed E-state index contributed by atoms with van der Waals surface area (Å²) in [4.78, 5) is 21.5. The van der Waals surface area contributed by atoms with Gasteiger partial charge >= 0.3 is 6.18 Å². The van der Waals surface area contributed by atoms with Gasteiger partial charge in [-0.3, -0.25) is 9.89 Å². The fourth-order valence-corrected chi connectivity index (χ4v) is 6.33. The number of carbonyl (C=O) groups is 1. The second kappa shape index (κ2) is 13.2. The molecule has 5 heterocycles. The summed E-state index contributed by atoms with van der Waals surface area (Å²) >= 11 is 0. The van der Waals surface area contributed by atoms with Crippen molar-refractivity contribution in [2.75, 3.05) is 32.7 Å². The second-order valence-corrected chi connectivity index (χ2v) is 11.4. The molecule has 2 saturated heterocycles. The van der Waals surface area contributed by atoms with Crippen LogP contribution in [-0.4, -0.2) is 82.0 Å². The van der Waals surface area contributed by atoms with Crippen molar-refractivity contribution in [2.45, 2.75) is 51.4 Å². The third kappa shape index (κ3) is 6.88. The number of carbonyl (C=O) groups excluding carboxylic acids is 1. The van der Waals surface area contributed by atoms with Gasteiger partial charge in [0.25, 0.3) is 0 Å². The molecule has 0 aliphatic carbocycles. The average molecular weight is 594 g/mol. The van der Waals surface area contributed by atoms with Crippen LogP contribution in [0.3, 0.4) is 0 Å². The molecule has 1 atom stereocenters. The number of imidazole rings is 1. The summed E-state index contributed by atoms with van der Waals surface area (Å²) < 4.78 is 42.3. The SMILES string of the molecule is C=O.CC(C1CCN(Cc2ccc(-c3cnc4ccc(C5=CCN=C(N)C(C(F)(F)F)=C5)nn34)cc2)CC1)N1CCCC1. The van der Waals surface area contributed by atoms with Gasteiger partial charge in [0.1, 0.15) is 12.6 Å². The lowest BCUT2D eigenvalue weighted by Crippen LogP contribution is -2.42. The van der Waals surface area contributed by atoms with Crippen LogP contribution in [0.4, 0.5) is 13.2 Å². The smallest absolute Gasteiger partial charge is 0.383 e. The molecule has 2 aromatic heterocycles. The number of nitrogens with two attached hydrogens (primary N) is 1. The number of piperidine rings is 1. The van der Waals surface area contributed by atoms with Crippen LogP contribution in [0.15, 0.2) is 65.3 Å². The molecule has 3 aliphatic rings. The number of hydrogen-bond acceptors (Lipinski definition) is 7. The Labute approximate surface area is 249 Å². The number of allylic oxidation sites excluding steroid dienone is 2. The van der Waals surface area contributed by atoms with Crippen LogP contribution in [0, 0.1) is 5.92 Å². The highest BCUT2D eigenvalue weighted by molar-refractivity contribution is 6.01. The Hall–Kier alpha value is -3.83. The van der Waals surface area contributed by atoms with Crippen LogP contribution >= 0.6 is 0 Å². The highest BCUT2D eigenvalue weighted by Gasteiger charge is 2.37. The molecule has 0 spiro atoms. The summed E-state index contributed by atoms with van der Waals surface area (Å²) in [6.45, 7) is 10.2. The van der Waals surface area contributed by atoms with E-state index in [1.165, 1.54) is 44.3 Å². The predicted molar refractivity (Wildman–Crippen MR) is 162 cm³/mol. The van der Waals surface area contributed by atoms with Gasteiger partial charge in [0.15, 0.2) is 5.65 Å². The van der Waals surface area contributed by atoms with Gasteiger partial charge in [-0.25, -0.2) is 9.50 Å². The summed E-state index contributed by atoms with van der Waals surface area (Å²) in [6.07, 6.45) is 4.93. The number of alkyl halides is 3. The highest BCUT2D eigenvalue weighted by atomic mass is 19.4. The molecule has 2 N–H and O–H groups in total. The van der Waals surface area contributed by atoms with Crippen LogP contribution in [0.1, 0.15) is 43.9 Å². The predicted octanol–water partition coefficient (Wildman–Crippen LogP) is 5.15. The van der Waals surface area contributed by atoms with Gasteiger partial charge in [0.2, 0.25) is 0 Å². The van der Waals surface area contributed by atoms with Crippen molar-refractivity contribution in [1.29, 1.82) is 0 Å². The third-order valence-electron chi connectivity index (χ3n) is 8.80. The first-order valence-corrected chi connectivity index (χ1v) is 14.8. The van der Waals surface area contributed by atoms with Crippen molar-refractivity contribution >= 4 is 23.8 Å². The van der Waals surface area contributed by atoms with Crippen molar-refractivity contribution in [3.63, 3.8) is 0 Å². The Kier molecular flexibility index (Phi) is 9.41. The van der Waals surface area contributed by atoms with Gasteiger partial charge in [-0.2, -0.15) is 18.3 Å². The number of aromatic nitrogens is 3. The second-order valence-electron chi connectivity index (χ2n) is 11.4. The Balaban J connectivity index is 0.00000180. The van der Waals surface area contributed by atoms with E-state index in [1.807, 2.05) is 6.79 Å². The van der Waals surface area contributed by atoms with E-state index in [0.717, 1.165) is 42.9 Å². The maximum atomic E-state index is 13.5. The summed E-state index contributed by atoms with van der Waals surface area (Å²) in [5, 5.41) is 4.65. The Bertz CT molecular complexity index is 1500. The number of likely N-dealkylation sites (tertiary alicyclic amines) is 2. The third-order valence-corrected chi connectivity index (χ3v) is 8.80. The molecule has 8 nitrogen and oxygen atoms in total. The van der Waals surface area contributed by atoms with E-state index in [1.54, 1.807) is 28.9 Å². The van der Waals surface area contributed by atoms with E-state index in [4.69, 9.17) is 10.5 Å². The molecule has 1 unspecified atom stereocenters. The van der Waals surface area contributed by atoms with Crippen LogP contribution in [-0.2, 0) is 11.3 Å². The van der Waals surface area contributed by atoms with E-state index in [0.29, 0.717) is 23.0 Å². The summed E-state index contributed by atoms with van der Waals surface area (Å²) in [5.41, 5.74) is 8.91. The lowest BCUT2D eigenvalue weighted by Gasteiger charge is -2.38. The van der Waals surface area contributed by atoms with E-state index >= 15 is 0 Å². The maximum Gasteiger partial charge on any atom is 0.419 e. The molecule has 3 aliphatic heterocycles. The number of fused-ring (bicyclic) bond motifs is 1. The lowest BCUT2D eigenvalue weighted by atomic mass is 9.89. The van der Waals surface area contributed by atoms with Crippen LogP contribution < -0.4 is 5.73 Å². The molecule has 0 bridgehead atoms. The minimum Gasteiger partial charge on any atom is -0.383 e. The summed E-state index contributed by atoms with van der Waals surface area (Å²) in [6, 6.07) is 12.5. The fraction of sp³-hybridized carbons (Fsp3) is 0.438. The van der Waals surface area contributed by atoms with Gasteiger partial charge in [-0.15, -0.1) is 0 Å². The number of amidine groups is 1. The Morgan fingerprint density at radius 3 is 2.40 bits per heavy atom. The zero-order valence-electron chi connectivity index (χ0n) is 24.4. The standard InChI is InChI=1S/C31H36F3N7.CH2O/c1-21(40-14-2-3-15-40)23-11-16-39(17-12-23)20-22-4-6-24(7-5-22)28-19-37-29-9-8-27(38-41(28)29)25-10-13-36-30(35)26(18-25)31(32,33)34;1-2/h4-10,18-19,21,23H,2-3,11-17,20H2,1H3,(H2,35,36);1H2. The molecule has 0 amide bonds. The normalized spacial score (nSPS) is 19.7. The van der Waals surface area contributed by atoms with E-state index in [9.17, 15) is 13.2 Å². The summed E-state index contributed by atoms with van der Waals surface area (Å²) in [5.74, 6) is 0.266. The van der Waals surface area contributed by atoms with Crippen molar-refractivity contribution in [3.8, 4) is 11.3 Å². The van der Waals surface area contributed by atoms with Crippen molar-refractivity contribution in [3.05, 3.63) is 71.6 Å². The molecule has 43 heavy (non-hydrogen) atoms. The Morgan fingerprint density at radius 2 is 1.72 bits per heavy atom. The number of benzene rings is 1. The molecule has 2 fully saturated rings. The van der Waals surface area contributed by atoms with Crippen molar-refractivity contribution in [2.24, 2.45) is 16.6 Å². The average Bonchev–Trinajstić information content (AvgIpc) is 3.66. The number of aliphatic imine (C=N–C) groups is 1. The van der Waals surface area contributed by atoms with Crippen molar-refractivity contribution in [1.82, 2.24) is 24.4 Å². The highest BCUT2D eigenvalue weighted by Crippen LogP contribution is 2.31. The maximum absolute atomic E-state index is 13.5. The zero-order valence-corrected chi connectivity index (χ0v) is 24.4. The van der Waals surface area contributed by atoms with E-state index in [-0.39, 0.29) is 6.54 Å². The summed E-state index contributed by atoms with van der Waals surface area (Å²) in [7, 11) is 0.